The molecular formula is C11H12N4O. The van der Waals surface area contributed by atoms with Gasteiger partial charge in [-0.15, -0.1) is 0 Å². The van der Waals surface area contributed by atoms with Gasteiger partial charge in [-0.2, -0.15) is 5.10 Å². The van der Waals surface area contributed by atoms with Crippen LogP contribution < -0.4 is 5.73 Å². The van der Waals surface area contributed by atoms with Gasteiger partial charge >= 0.3 is 0 Å². The highest BCUT2D eigenvalue weighted by Crippen LogP contribution is 2.09. The van der Waals surface area contributed by atoms with Crippen molar-refractivity contribution in [3.63, 3.8) is 0 Å². The molecule has 5 heteroatoms. The second-order valence-corrected chi connectivity index (χ2v) is 3.58. The molecule has 0 spiro atoms. The smallest absolute Gasteiger partial charge is 0.267 e. The lowest BCUT2D eigenvalue weighted by Crippen LogP contribution is -2.14. The van der Waals surface area contributed by atoms with Crippen molar-refractivity contribution in [3.8, 4) is 5.82 Å². The van der Waals surface area contributed by atoms with E-state index in [-0.39, 0.29) is 5.69 Å². The standard InChI is InChI=1S/C11H12N4O/c1-7-6-8(2)15(14-7)10-5-3-4-9(13-10)11(12)16/h3-6H,1-2H3,(H2,12,16). The zero-order valence-electron chi connectivity index (χ0n) is 9.14. The molecule has 0 aliphatic carbocycles. The van der Waals surface area contributed by atoms with Crippen LogP contribution in [-0.4, -0.2) is 20.7 Å². The average Bonchev–Trinajstić information content (AvgIpc) is 2.58. The van der Waals surface area contributed by atoms with Gasteiger partial charge in [0.05, 0.1) is 5.69 Å². The monoisotopic (exact) mass is 216 g/mol. The van der Waals surface area contributed by atoms with Crippen LogP contribution in [0.3, 0.4) is 0 Å². The number of aromatic nitrogens is 3. The van der Waals surface area contributed by atoms with Gasteiger partial charge in [0, 0.05) is 5.69 Å². The predicted molar refractivity (Wildman–Crippen MR) is 59.4 cm³/mol. The summed E-state index contributed by atoms with van der Waals surface area (Å²) in [6.45, 7) is 3.83. The van der Waals surface area contributed by atoms with Gasteiger partial charge in [-0.3, -0.25) is 4.79 Å². The highest BCUT2D eigenvalue weighted by atomic mass is 16.1. The number of hydrogen-bond acceptors (Lipinski definition) is 3. The summed E-state index contributed by atoms with van der Waals surface area (Å²) in [7, 11) is 0. The molecule has 0 saturated carbocycles. The van der Waals surface area contributed by atoms with Crippen LogP contribution in [0, 0.1) is 13.8 Å². The van der Waals surface area contributed by atoms with Crippen LogP contribution in [0.1, 0.15) is 21.9 Å². The maximum atomic E-state index is 11.0. The Bertz CT molecular complexity index is 545. The summed E-state index contributed by atoms with van der Waals surface area (Å²) < 4.78 is 1.68. The van der Waals surface area contributed by atoms with Gasteiger partial charge in [-0.05, 0) is 32.0 Å². The fourth-order valence-electron chi connectivity index (χ4n) is 1.54. The van der Waals surface area contributed by atoms with Crippen molar-refractivity contribution in [3.05, 3.63) is 41.3 Å². The van der Waals surface area contributed by atoms with Crippen LogP contribution in [0.25, 0.3) is 5.82 Å². The van der Waals surface area contributed by atoms with Crippen LogP contribution in [0.2, 0.25) is 0 Å². The van der Waals surface area contributed by atoms with Gasteiger partial charge in [0.15, 0.2) is 5.82 Å². The molecule has 0 fully saturated rings. The van der Waals surface area contributed by atoms with E-state index < -0.39 is 5.91 Å². The van der Waals surface area contributed by atoms with E-state index in [0.717, 1.165) is 11.4 Å². The second kappa shape index (κ2) is 3.77. The topological polar surface area (TPSA) is 73.8 Å². The van der Waals surface area contributed by atoms with E-state index in [1.54, 1.807) is 22.9 Å². The zero-order valence-corrected chi connectivity index (χ0v) is 9.14. The quantitative estimate of drug-likeness (QED) is 0.813. The van der Waals surface area contributed by atoms with Crippen LogP contribution in [0.4, 0.5) is 0 Å². The van der Waals surface area contributed by atoms with E-state index in [1.807, 2.05) is 19.9 Å². The van der Waals surface area contributed by atoms with Crippen molar-refractivity contribution in [1.29, 1.82) is 0 Å². The Hall–Kier alpha value is -2.17. The van der Waals surface area contributed by atoms with Crippen LogP contribution in [0.5, 0.6) is 0 Å². The van der Waals surface area contributed by atoms with E-state index in [4.69, 9.17) is 5.73 Å². The summed E-state index contributed by atoms with van der Waals surface area (Å²) in [6, 6.07) is 7.04. The average molecular weight is 216 g/mol. The molecule has 0 aromatic carbocycles. The minimum atomic E-state index is -0.539. The van der Waals surface area contributed by atoms with Gasteiger partial charge in [0.2, 0.25) is 0 Å². The first-order valence-electron chi connectivity index (χ1n) is 4.88. The molecule has 0 unspecified atom stereocenters. The summed E-state index contributed by atoms with van der Waals surface area (Å²) in [4.78, 5) is 15.1. The molecule has 0 aliphatic rings. The van der Waals surface area contributed by atoms with Crippen molar-refractivity contribution in [2.45, 2.75) is 13.8 Å². The number of carbonyl (C=O) groups excluding carboxylic acids is 1. The molecule has 16 heavy (non-hydrogen) atoms. The summed E-state index contributed by atoms with van der Waals surface area (Å²) in [5.74, 6) is 0.0604. The number of pyridine rings is 1. The molecular weight excluding hydrogens is 204 g/mol. The highest BCUT2D eigenvalue weighted by molar-refractivity contribution is 5.90. The van der Waals surface area contributed by atoms with Gasteiger partial charge < -0.3 is 5.73 Å². The van der Waals surface area contributed by atoms with Crippen LogP contribution in [-0.2, 0) is 0 Å². The lowest BCUT2D eigenvalue weighted by Gasteiger charge is -2.03. The fraction of sp³-hybridized carbons (Fsp3) is 0.182. The largest absolute Gasteiger partial charge is 0.364 e. The van der Waals surface area contributed by atoms with E-state index in [1.165, 1.54) is 0 Å². The molecule has 0 atom stereocenters. The minimum Gasteiger partial charge on any atom is -0.364 e. The Morgan fingerprint density at radius 2 is 2.12 bits per heavy atom. The molecule has 0 aliphatic heterocycles. The Morgan fingerprint density at radius 3 is 2.69 bits per heavy atom. The molecule has 2 heterocycles. The number of rotatable bonds is 2. The van der Waals surface area contributed by atoms with Gasteiger partial charge in [0.1, 0.15) is 5.69 Å². The first kappa shape index (κ1) is 10.4. The number of nitrogens with two attached hydrogens (primary N) is 1. The zero-order chi connectivity index (χ0) is 11.7. The molecule has 1 amide bonds. The summed E-state index contributed by atoms with van der Waals surface area (Å²) in [5, 5.41) is 4.28. The summed E-state index contributed by atoms with van der Waals surface area (Å²) in [6.07, 6.45) is 0. The first-order chi connectivity index (χ1) is 7.58. The number of nitrogens with zero attached hydrogens (tertiary/aromatic N) is 3. The Morgan fingerprint density at radius 1 is 1.38 bits per heavy atom. The Kier molecular flexibility index (Phi) is 2.44. The second-order valence-electron chi connectivity index (χ2n) is 3.58. The lowest BCUT2D eigenvalue weighted by molar-refractivity contribution is 0.0995. The maximum absolute atomic E-state index is 11.0. The normalized spacial score (nSPS) is 10.4. The van der Waals surface area contributed by atoms with E-state index in [0.29, 0.717) is 5.82 Å². The highest BCUT2D eigenvalue weighted by Gasteiger charge is 2.07. The van der Waals surface area contributed by atoms with Crippen LogP contribution in [0.15, 0.2) is 24.3 Å². The molecule has 2 aromatic heterocycles. The first-order valence-corrected chi connectivity index (χ1v) is 4.88. The minimum absolute atomic E-state index is 0.241. The maximum Gasteiger partial charge on any atom is 0.267 e. The third kappa shape index (κ3) is 1.79. The molecule has 5 nitrogen and oxygen atoms in total. The van der Waals surface area contributed by atoms with Crippen molar-refractivity contribution in [1.82, 2.24) is 14.8 Å². The van der Waals surface area contributed by atoms with Gasteiger partial charge in [-0.1, -0.05) is 6.07 Å². The number of carbonyl (C=O) groups is 1. The predicted octanol–water partition coefficient (Wildman–Crippen LogP) is 0.983. The Labute approximate surface area is 92.9 Å². The Balaban J connectivity index is 2.52. The molecule has 2 aromatic rings. The van der Waals surface area contributed by atoms with Crippen molar-refractivity contribution < 1.29 is 4.79 Å². The molecule has 0 radical (unpaired) electrons. The summed E-state index contributed by atoms with van der Waals surface area (Å²) >= 11 is 0. The molecule has 2 N–H and O–H groups in total. The number of amides is 1. The van der Waals surface area contributed by atoms with Crippen molar-refractivity contribution in [2.24, 2.45) is 5.73 Å². The fourth-order valence-corrected chi connectivity index (χ4v) is 1.54. The number of hydrogen-bond donors (Lipinski definition) is 1. The van der Waals surface area contributed by atoms with Crippen molar-refractivity contribution in [2.75, 3.05) is 0 Å². The number of aryl methyl sites for hydroxylation is 2. The van der Waals surface area contributed by atoms with E-state index >= 15 is 0 Å². The summed E-state index contributed by atoms with van der Waals surface area (Å²) in [5.41, 5.74) is 7.28. The van der Waals surface area contributed by atoms with E-state index in [2.05, 4.69) is 10.1 Å². The third-order valence-corrected chi connectivity index (χ3v) is 2.21. The molecule has 0 bridgehead atoms. The third-order valence-electron chi connectivity index (χ3n) is 2.21. The van der Waals surface area contributed by atoms with E-state index in [9.17, 15) is 4.79 Å². The molecule has 0 saturated heterocycles. The lowest BCUT2D eigenvalue weighted by atomic mass is 10.3. The SMILES string of the molecule is Cc1cc(C)n(-c2cccc(C(N)=O)n2)n1. The van der Waals surface area contributed by atoms with Gasteiger partial charge in [0.25, 0.3) is 5.91 Å². The van der Waals surface area contributed by atoms with Crippen LogP contribution >= 0.6 is 0 Å². The molecule has 2 rings (SSSR count). The molecule has 82 valence electrons. The van der Waals surface area contributed by atoms with Crippen molar-refractivity contribution >= 4 is 5.91 Å². The van der Waals surface area contributed by atoms with Gasteiger partial charge in [-0.25, -0.2) is 9.67 Å². The number of primary amides is 1.